The first kappa shape index (κ1) is 9.38. The second-order valence-corrected chi connectivity index (χ2v) is 2.18. The molecule has 13 heavy (non-hydrogen) atoms. The van der Waals surface area contributed by atoms with Crippen LogP contribution < -0.4 is 4.74 Å². The molecular formula is C9H6F2O2. The lowest BCUT2D eigenvalue weighted by molar-refractivity contribution is -0.129. The van der Waals surface area contributed by atoms with Gasteiger partial charge in [0.15, 0.2) is 11.6 Å². The van der Waals surface area contributed by atoms with E-state index in [1.54, 1.807) is 0 Å². The van der Waals surface area contributed by atoms with Gasteiger partial charge in [0.05, 0.1) is 0 Å². The molecule has 0 amide bonds. The van der Waals surface area contributed by atoms with Crippen LogP contribution in [0.2, 0.25) is 0 Å². The van der Waals surface area contributed by atoms with Gasteiger partial charge < -0.3 is 4.74 Å². The quantitative estimate of drug-likeness (QED) is 0.399. The summed E-state index contributed by atoms with van der Waals surface area (Å²) in [6.45, 7) is 3.10. The van der Waals surface area contributed by atoms with Crippen LogP contribution in [0.4, 0.5) is 8.78 Å². The van der Waals surface area contributed by atoms with E-state index in [-0.39, 0.29) is 0 Å². The Morgan fingerprint density at radius 1 is 1.38 bits per heavy atom. The summed E-state index contributed by atoms with van der Waals surface area (Å²) in [6, 6.07) is 3.17. The van der Waals surface area contributed by atoms with Crippen molar-refractivity contribution >= 4 is 5.97 Å². The van der Waals surface area contributed by atoms with Crippen molar-refractivity contribution in [3.05, 3.63) is 42.5 Å². The van der Waals surface area contributed by atoms with Crippen molar-refractivity contribution in [3.63, 3.8) is 0 Å². The van der Waals surface area contributed by atoms with Gasteiger partial charge in [0.2, 0.25) is 5.75 Å². The van der Waals surface area contributed by atoms with Gasteiger partial charge in [-0.05, 0) is 12.1 Å². The smallest absolute Gasteiger partial charge is 0.335 e. The van der Waals surface area contributed by atoms with Crippen molar-refractivity contribution in [2.24, 2.45) is 0 Å². The maximum atomic E-state index is 12.8. The molecule has 0 atom stereocenters. The highest BCUT2D eigenvalue weighted by molar-refractivity contribution is 5.83. The van der Waals surface area contributed by atoms with Gasteiger partial charge >= 0.3 is 5.97 Å². The molecule has 4 heteroatoms. The molecule has 0 aliphatic heterocycles. The van der Waals surface area contributed by atoms with E-state index in [9.17, 15) is 13.6 Å². The predicted molar refractivity (Wildman–Crippen MR) is 42.2 cm³/mol. The Hall–Kier alpha value is -1.71. The lowest BCUT2D eigenvalue weighted by Gasteiger charge is -2.02. The molecule has 1 aromatic rings. The van der Waals surface area contributed by atoms with E-state index >= 15 is 0 Å². The van der Waals surface area contributed by atoms with Gasteiger partial charge in [-0.15, -0.1) is 0 Å². The number of halogens is 2. The minimum atomic E-state index is -0.921. The first-order valence-corrected chi connectivity index (χ1v) is 3.43. The monoisotopic (exact) mass is 184 g/mol. The van der Waals surface area contributed by atoms with E-state index in [4.69, 9.17) is 0 Å². The van der Waals surface area contributed by atoms with E-state index < -0.39 is 23.4 Å². The van der Waals surface area contributed by atoms with Crippen LogP contribution in [-0.4, -0.2) is 5.97 Å². The van der Waals surface area contributed by atoms with Gasteiger partial charge in [-0.1, -0.05) is 12.6 Å². The summed E-state index contributed by atoms with van der Waals surface area (Å²) in [6.07, 6.45) is 0.825. The predicted octanol–water partition coefficient (Wildman–Crippen LogP) is 2.06. The van der Waals surface area contributed by atoms with Crippen molar-refractivity contribution < 1.29 is 18.3 Å². The maximum absolute atomic E-state index is 12.8. The Balaban J connectivity index is 2.99. The zero-order valence-corrected chi connectivity index (χ0v) is 6.59. The van der Waals surface area contributed by atoms with Crippen LogP contribution in [0.15, 0.2) is 30.9 Å². The lowest BCUT2D eigenvalue weighted by atomic mass is 10.3. The van der Waals surface area contributed by atoms with Crippen LogP contribution in [0.1, 0.15) is 0 Å². The first-order chi connectivity index (χ1) is 6.15. The van der Waals surface area contributed by atoms with Crippen LogP contribution in [0.25, 0.3) is 0 Å². The number of carbonyl (C=O) groups is 1. The molecular weight excluding hydrogens is 178 g/mol. The third kappa shape index (κ3) is 2.11. The topological polar surface area (TPSA) is 26.3 Å². The fraction of sp³-hybridized carbons (Fsp3) is 0. The Bertz CT molecular complexity index is 327. The molecule has 0 saturated heterocycles. The number of rotatable bonds is 2. The van der Waals surface area contributed by atoms with Crippen LogP contribution in [0.3, 0.4) is 0 Å². The highest BCUT2D eigenvalue weighted by atomic mass is 19.1. The number of ether oxygens (including phenoxy) is 1. The zero-order chi connectivity index (χ0) is 9.84. The molecule has 1 rings (SSSR count). The second-order valence-electron chi connectivity index (χ2n) is 2.18. The summed E-state index contributed by atoms with van der Waals surface area (Å²) >= 11 is 0. The fourth-order valence-electron chi connectivity index (χ4n) is 0.722. The molecule has 2 nitrogen and oxygen atoms in total. The molecule has 0 aromatic heterocycles. The molecule has 0 aliphatic carbocycles. The molecule has 0 unspecified atom stereocenters. The maximum Gasteiger partial charge on any atom is 0.335 e. The highest BCUT2D eigenvalue weighted by Crippen LogP contribution is 2.20. The number of esters is 1. The average molecular weight is 184 g/mol. The van der Waals surface area contributed by atoms with Crippen molar-refractivity contribution in [2.75, 3.05) is 0 Å². The molecule has 0 fully saturated rings. The summed E-state index contributed by atoms with van der Waals surface area (Å²) in [7, 11) is 0. The molecule has 0 saturated carbocycles. The summed E-state index contributed by atoms with van der Waals surface area (Å²) in [5, 5.41) is 0. The molecule has 1 aromatic carbocycles. The van der Waals surface area contributed by atoms with Gasteiger partial charge in [-0.25, -0.2) is 13.6 Å². The van der Waals surface area contributed by atoms with Gasteiger partial charge in [-0.3, -0.25) is 0 Å². The van der Waals surface area contributed by atoms with E-state index in [1.807, 2.05) is 0 Å². The molecule has 0 radical (unpaired) electrons. The third-order valence-corrected chi connectivity index (χ3v) is 1.29. The first-order valence-electron chi connectivity index (χ1n) is 3.43. The fourth-order valence-corrected chi connectivity index (χ4v) is 0.722. The third-order valence-electron chi connectivity index (χ3n) is 1.29. The summed E-state index contributed by atoms with van der Waals surface area (Å²) in [4.78, 5) is 10.6. The average Bonchev–Trinajstić information content (AvgIpc) is 2.11. The molecule has 0 spiro atoms. The molecule has 0 heterocycles. The van der Waals surface area contributed by atoms with Crippen molar-refractivity contribution in [2.45, 2.75) is 0 Å². The van der Waals surface area contributed by atoms with Crippen molar-refractivity contribution in [3.8, 4) is 5.75 Å². The van der Waals surface area contributed by atoms with Crippen LogP contribution in [-0.2, 0) is 4.79 Å². The standard InChI is InChI=1S/C9H6F2O2/c1-2-8(12)13-9-6(10)4-3-5-7(9)11/h2-5H,1H2. The Kier molecular flexibility index (Phi) is 2.74. The van der Waals surface area contributed by atoms with Crippen molar-refractivity contribution in [1.82, 2.24) is 0 Å². The Morgan fingerprint density at radius 2 is 1.92 bits per heavy atom. The Morgan fingerprint density at radius 3 is 2.38 bits per heavy atom. The second kappa shape index (κ2) is 3.80. The number of hydrogen-bond donors (Lipinski definition) is 0. The number of carbonyl (C=O) groups excluding carboxylic acids is 1. The molecule has 68 valence electrons. The minimum Gasteiger partial charge on any atom is -0.417 e. The van der Waals surface area contributed by atoms with Crippen LogP contribution in [0, 0.1) is 11.6 Å². The van der Waals surface area contributed by atoms with E-state index in [1.165, 1.54) is 6.07 Å². The number of para-hydroxylation sites is 1. The van der Waals surface area contributed by atoms with E-state index in [0.29, 0.717) is 0 Å². The highest BCUT2D eigenvalue weighted by Gasteiger charge is 2.11. The van der Waals surface area contributed by atoms with E-state index in [2.05, 4.69) is 11.3 Å². The van der Waals surface area contributed by atoms with Gasteiger partial charge in [0, 0.05) is 6.08 Å². The van der Waals surface area contributed by atoms with Gasteiger partial charge in [-0.2, -0.15) is 0 Å². The molecule has 0 aliphatic rings. The zero-order valence-electron chi connectivity index (χ0n) is 6.59. The number of benzene rings is 1. The lowest BCUT2D eigenvalue weighted by Crippen LogP contribution is -2.06. The van der Waals surface area contributed by atoms with Crippen LogP contribution >= 0.6 is 0 Å². The Labute approximate surface area is 73.4 Å². The van der Waals surface area contributed by atoms with E-state index in [0.717, 1.165) is 18.2 Å². The summed E-state index contributed by atoms with van der Waals surface area (Å²) in [5.74, 6) is -3.44. The number of hydrogen-bond acceptors (Lipinski definition) is 2. The van der Waals surface area contributed by atoms with Gasteiger partial charge in [0.25, 0.3) is 0 Å². The van der Waals surface area contributed by atoms with Crippen LogP contribution in [0.5, 0.6) is 5.75 Å². The van der Waals surface area contributed by atoms with Crippen molar-refractivity contribution in [1.29, 1.82) is 0 Å². The normalized spacial score (nSPS) is 9.38. The molecule has 0 N–H and O–H groups in total. The van der Waals surface area contributed by atoms with Gasteiger partial charge in [0.1, 0.15) is 0 Å². The SMILES string of the molecule is C=CC(=O)Oc1c(F)cccc1F. The largest absolute Gasteiger partial charge is 0.417 e. The minimum absolute atomic E-state index is 0.701. The summed E-state index contributed by atoms with van der Waals surface area (Å²) < 4.78 is 29.9. The summed E-state index contributed by atoms with van der Waals surface area (Å²) in [5.41, 5.74) is 0. The molecule has 0 bridgehead atoms.